The number of nitrogen functional groups attached to an aromatic ring is 1. The van der Waals surface area contributed by atoms with Crippen LogP contribution in [0.1, 0.15) is 11.8 Å². The van der Waals surface area contributed by atoms with E-state index >= 15 is 0 Å². The standard InChI is InChI=1S/C12H18N4O3S/c1-2-7-3-8-9(14-11(13)15-10(8)20-7)16-12(4-17,5-18)6-19/h3,17-19H,2,4-6H2,1H3,(H3,13,14,15,16). The smallest absolute Gasteiger partial charge is 0.223 e. The van der Waals surface area contributed by atoms with Crippen molar-refractivity contribution in [3.63, 3.8) is 0 Å². The van der Waals surface area contributed by atoms with Crippen molar-refractivity contribution in [3.05, 3.63) is 10.9 Å². The van der Waals surface area contributed by atoms with Crippen LogP contribution in [0.25, 0.3) is 10.2 Å². The lowest BCUT2D eigenvalue weighted by molar-refractivity contribution is 0.0832. The van der Waals surface area contributed by atoms with Gasteiger partial charge in [-0.05, 0) is 12.5 Å². The number of nitrogens with one attached hydrogen (secondary N) is 1. The Morgan fingerprint density at radius 2 is 1.90 bits per heavy atom. The van der Waals surface area contributed by atoms with E-state index in [4.69, 9.17) is 5.73 Å². The number of aryl methyl sites for hydroxylation is 1. The Morgan fingerprint density at radius 3 is 2.45 bits per heavy atom. The van der Waals surface area contributed by atoms with E-state index in [-0.39, 0.29) is 5.95 Å². The van der Waals surface area contributed by atoms with E-state index in [2.05, 4.69) is 15.3 Å². The molecule has 2 aromatic rings. The van der Waals surface area contributed by atoms with Crippen molar-refractivity contribution in [3.8, 4) is 0 Å². The number of fused-ring (bicyclic) bond motifs is 1. The van der Waals surface area contributed by atoms with Gasteiger partial charge in [-0.25, -0.2) is 4.98 Å². The van der Waals surface area contributed by atoms with E-state index < -0.39 is 25.4 Å². The molecule has 2 rings (SSSR count). The fourth-order valence-corrected chi connectivity index (χ4v) is 2.75. The first-order chi connectivity index (χ1) is 9.57. The van der Waals surface area contributed by atoms with E-state index in [1.165, 1.54) is 11.3 Å². The normalized spacial score (nSPS) is 12.0. The molecule has 7 nitrogen and oxygen atoms in total. The van der Waals surface area contributed by atoms with Crippen LogP contribution in [-0.2, 0) is 6.42 Å². The summed E-state index contributed by atoms with van der Waals surface area (Å²) in [6.07, 6.45) is 0.867. The fourth-order valence-electron chi connectivity index (χ4n) is 1.78. The Bertz CT molecular complexity index is 589. The van der Waals surface area contributed by atoms with E-state index in [0.29, 0.717) is 5.82 Å². The summed E-state index contributed by atoms with van der Waals surface area (Å²) in [5, 5.41) is 31.8. The number of anilines is 2. The summed E-state index contributed by atoms with van der Waals surface area (Å²) in [6, 6.07) is 1.94. The Morgan fingerprint density at radius 1 is 1.25 bits per heavy atom. The molecule has 0 unspecified atom stereocenters. The summed E-state index contributed by atoms with van der Waals surface area (Å²) < 4.78 is 0. The van der Waals surface area contributed by atoms with E-state index in [9.17, 15) is 15.3 Å². The average Bonchev–Trinajstić information content (AvgIpc) is 2.88. The van der Waals surface area contributed by atoms with Crippen molar-refractivity contribution in [2.75, 3.05) is 30.9 Å². The van der Waals surface area contributed by atoms with Crippen LogP contribution < -0.4 is 11.1 Å². The van der Waals surface area contributed by atoms with Crippen LogP contribution in [0.3, 0.4) is 0 Å². The minimum absolute atomic E-state index is 0.104. The third-order valence-corrected chi connectivity index (χ3v) is 4.27. The Labute approximate surface area is 120 Å². The van der Waals surface area contributed by atoms with Gasteiger partial charge in [0.2, 0.25) is 5.95 Å². The molecule has 0 saturated carbocycles. The number of nitrogens with two attached hydrogens (primary N) is 1. The topological polar surface area (TPSA) is 125 Å². The quantitative estimate of drug-likeness (QED) is 0.507. The van der Waals surface area contributed by atoms with Gasteiger partial charge in [0.05, 0.1) is 25.2 Å². The van der Waals surface area contributed by atoms with Crippen LogP contribution in [0.15, 0.2) is 6.07 Å². The number of aromatic nitrogens is 2. The highest BCUT2D eigenvalue weighted by Gasteiger charge is 2.29. The van der Waals surface area contributed by atoms with E-state index in [1.807, 2.05) is 13.0 Å². The number of rotatable bonds is 6. The van der Waals surface area contributed by atoms with Crippen LogP contribution in [-0.4, -0.2) is 50.6 Å². The highest BCUT2D eigenvalue weighted by molar-refractivity contribution is 7.18. The molecule has 2 heterocycles. The Hall–Kier alpha value is -1.48. The number of hydrogen-bond donors (Lipinski definition) is 5. The average molecular weight is 298 g/mol. The van der Waals surface area contributed by atoms with Gasteiger partial charge in [-0.1, -0.05) is 6.92 Å². The predicted molar refractivity (Wildman–Crippen MR) is 78.8 cm³/mol. The highest BCUT2D eigenvalue weighted by Crippen LogP contribution is 2.31. The van der Waals surface area contributed by atoms with Crippen molar-refractivity contribution in [2.45, 2.75) is 18.9 Å². The second kappa shape index (κ2) is 5.88. The van der Waals surface area contributed by atoms with Gasteiger partial charge in [0, 0.05) is 4.88 Å². The molecule has 0 bridgehead atoms. The first-order valence-electron chi connectivity index (χ1n) is 6.24. The molecule has 110 valence electrons. The van der Waals surface area contributed by atoms with Gasteiger partial charge < -0.3 is 26.4 Å². The number of hydrogen-bond acceptors (Lipinski definition) is 8. The second-order valence-electron chi connectivity index (χ2n) is 4.60. The third-order valence-electron chi connectivity index (χ3n) is 3.10. The lowest BCUT2D eigenvalue weighted by atomic mass is 10.0. The van der Waals surface area contributed by atoms with Crippen molar-refractivity contribution in [1.82, 2.24) is 9.97 Å². The second-order valence-corrected chi connectivity index (χ2v) is 5.71. The number of aliphatic hydroxyl groups excluding tert-OH is 3. The van der Waals surface area contributed by atoms with Crippen molar-refractivity contribution >= 4 is 33.3 Å². The van der Waals surface area contributed by atoms with Crippen molar-refractivity contribution in [1.29, 1.82) is 0 Å². The SMILES string of the molecule is CCc1cc2c(NC(CO)(CO)CO)nc(N)nc2s1. The summed E-state index contributed by atoms with van der Waals surface area (Å²) in [5.41, 5.74) is 4.43. The molecule has 0 saturated heterocycles. The zero-order chi connectivity index (χ0) is 14.8. The maximum atomic E-state index is 9.38. The zero-order valence-electron chi connectivity index (χ0n) is 11.1. The van der Waals surface area contributed by atoms with Crippen LogP contribution >= 0.6 is 11.3 Å². The van der Waals surface area contributed by atoms with Gasteiger partial charge >= 0.3 is 0 Å². The monoisotopic (exact) mass is 298 g/mol. The first-order valence-corrected chi connectivity index (χ1v) is 7.06. The molecule has 20 heavy (non-hydrogen) atoms. The molecule has 0 aliphatic heterocycles. The molecule has 0 spiro atoms. The van der Waals surface area contributed by atoms with Crippen LogP contribution in [0.5, 0.6) is 0 Å². The maximum absolute atomic E-state index is 9.38. The lowest BCUT2D eigenvalue weighted by Gasteiger charge is -2.29. The van der Waals surface area contributed by atoms with Gasteiger partial charge in [-0.15, -0.1) is 11.3 Å². The third kappa shape index (κ3) is 2.68. The Balaban J connectivity index is 2.49. The van der Waals surface area contributed by atoms with Crippen molar-refractivity contribution in [2.24, 2.45) is 0 Å². The molecule has 2 aromatic heterocycles. The van der Waals surface area contributed by atoms with E-state index in [0.717, 1.165) is 21.5 Å². The van der Waals surface area contributed by atoms with Crippen LogP contribution in [0.4, 0.5) is 11.8 Å². The van der Waals surface area contributed by atoms with Gasteiger partial charge in [-0.3, -0.25) is 0 Å². The molecular formula is C12H18N4O3S. The van der Waals surface area contributed by atoms with Gasteiger partial charge in [0.25, 0.3) is 0 Å². The fraction of sp³-hybridized carbons (Fsp3) is 0.500. The summed E-state index contributed by atoms with van der Waals surface area (Å²) >= 11 is 1.52. The molecule has 0 aliphatic rings. The Kier molecular flexibility index (Phi) is 4.39. The minimum atomic E-state index is -1.25. The minimum Gasteiger partial charge on any atom is -0.394 e. The number of nitrogens with zero attached hydrogens (tertiary/aromatic N) is 2. The molecule has 0 radical (unpaired) electrons. The van der Waals surface area contributed by atoms with Gasteiger partial charge in [-0.2, -0.15) is 4.98 Å². The molecule has 8 heteroatoms. The molecule has 0 aromatic carbocycles. The van der Waals surface area contributed by atoms with Gasteiger partial charge in [0.15, 0.2) is 0 Å². The molecule has 0 atom stereocenters. The molecular weight excluding hydrogens is 280 g/mol. The number of thiophene rings is 1. The van der Waals surface area contributed by atoms with Crippen LogP contribution in [0.2, 0.25) is 0 Å². The lowest BCUT2D eigenvalue weighted by Crippen LogP contribution is -2.49. The summed E-state index contributed by atoms with van der Waals surface area (Å²) in [7, 11) is 0. The predicted octanol–water partition coefficient (Wildman–Crippen LogP) is -0.0365. The first kappa shape index (κ1) is 14.9. The highest BCUT2D eigenvalue weighted by atomic mass is 32.1. The summed E-state index contributed by atoms with van der Waals surface area (Å²) in [6.45, 7) is 0.733. The molecule has 0 fully saturated rings. The van der Waals surface area contributed by atoms with Gasteiger partial charge in [0.1, 0.15) is 16.2 Å². The summed E-state index contributed by atoms with van der Waals surface area (Å²) in [4.78, 5) is 10.1. The van der Waals surface area contributed by atoms with E-state index in [1.54, 1.807) is 0 Å². The number of aliphatic hydroxyl groups is 3. The van der Waals surface area contributed by atoms with Crippen molar-refractivity contribution < 1.29 is 15.3 Å². The molecule has 6 N–H and O–H groups in total. The largest absolute Gasteiger partial charge is 0.394 e. The van der Waals surface area contributed by atoms with Crippen LogP contribution in [0, 0.1) is 0 Å². The molecule has 0 amide bonds. The maximum Gasteiger partial charge on any atom is 0.223 e. The molecule has 0 aliphatic carbocycles. The summed E-state index contributed by atoms with van der Waals surface area (Å²) in [5.74, 6) is 0.507. The zero-order valence-corrected chi connectivity index (χ0v) is 11.9.